The Hall–Kier alpha value is -2.25. The number of nitrogens with zero attached hydrogens (tertiary/aromatic N) is 2. The first-order chi connectivity index (χ1) is 14.0. The number of amides is 2. The van der Waals surface area contributed by atoms with Gasteiger partial charge in [-0.25, -0.2) is 4.98 Å². The lowest BCUT2D eigenvalue weighted by molar-refractivity contribution is -0.117. The first-order valence-corrected chi connectivity index (χ1v) is 11.2. The van der Waals surface area contributed by atoms with Crippen LogP contribution in [-0.4, -0.2) is 47.4 Å². The van der Waals surface area contributed by atoms with Gasteiger partial charge in [-0.2, -0.15) is 0 Å². The van der Waals surface area contributed by atoms with Crippen LogP contribution in [0, 0.1) is 6.92 Å². The molecule has 0 radical (unpaired) electrons. The number of aromatic nitrogens is 1. The summed E-state index contributed by atoms with van der Waals surface area (Å²) in [6, 6.07) is 9.65. The van der Waals surface area contributed by atoms with Gasteiger partial charge in [0.25, 0.3) is 5.91 Å². The number of hydrogen-bond donors (Lipinski definition) is 2. The van der Waals surface area contributed by atoms with Crippen molar-refractivity contribution in [2.75, 3.05) is 25.0 Å². The van der Waals surface area contributed by atoms with Crippen molar-refractivity contribution in [1.82, 2.24) is 15.2 Å². The van der Waals surface area contributed by atoms with Crippen LogP contribution in [0.4, 0.5) is 5.69 Å². The lowest BCUT2D eigenvalue weighted by Crippen LogP contribution is -2.46. The fraction of sp³-hybridized carbons (Fsp3) is 0.500. The van der Waals surface area contributed by atoms with Crippen LogP contribution in [0.5, 0.6) is 0 Å². The maximum Gasteiger partial charge on any atom is 0.263 e. The predicted molar refractivity (Wildman–Crippen MR) is 117 cm³/mol. The van der Waals surface area contributed by atoms with E-state index in [4.69, 9.17) is 0 Å². The number of aryl methyl sites for hydroxylation is 2. The zero-order chi connectivity index (χ0) is 20.6. The Morgan fingerprint density at radius 1 is 1.21 bits per heavy atom. The SMILES string of the molecule is CCCCc1nc(C)c(C(=O)NC2CCN(CC(=O)Nc3ccccc3)CC2)s1. The third-order valence-corrected chi connectivity index (χ3v) is 6.35. The zero-order valence-corrected chi connectivity index (χ0v) is 18.1. The van der Waals surface area contributed by atoms with Gasteiger partial charge in [-0.1, -0.05) is 31.5 Å². The van der Waals surface area contributed by atoms with E-state index in [9.17, 15) is 9.59 Å². The lowest BCUT2D eigenvalue weighted by atomic mass is 10.0. The van der Waals surface area contributed by atoms with E-state index in [0.29, 0.717) is 6.54 Å². The van der Waals surface area contributed by atoms with Crippen molar-refractivity contribution in [2.45, 2.75) is 52.0 Å². The van der Waals surface area contributed by atoms with E-state index < -0.39 is 0 Å². The molecule has 0 aliphatic carbocycles. The largest absolute Gasteiger partial charge is 0.348 e. The van der Waals surface area contributed by atoms with Crippen LogP contribution in [0.25, 0.3) is 0 Å². The minimum Gasteiger partial charge on any atom is -0.348 e. The first-order valence-electron chi connectivity index (χ1n) is 10.4. The fourth-order valence-electron chi connectivity index (χ4n) is 3.51. The standard InChI is InChI=1S/C22H30N4O2S/c1-3-4-10-20-23-16(2)21(29-20)22(28)25-18-11-13-26(14-12-18)15-19(27)24-17-8-6-5-7-9-17/h5-9,18H,3-4,10-15H2,1-2H3,(H,24,27)(H,25,28). The van der Waals surface area contributed by atoms with Crippen molar-refractivity contribution in [3.63, 3.8) is 0 Å². The number of anilines is 1. The second kappa shape index (κ2) is 10.5. The summed E-state index contributed by atoms with van der Waals surface area (Å²) in [5.74, 6) is -0.0124. The normalized spacial score (nSPS) is 15.2. The van der Waals surface area contributed by atoms with E-state index in [1.165, 1.54) is 11.3 Å². The van der Waals surface area contributed by atoms with Crippen molar-refractivity contribution in [1.29, 1.82) is 0 Å². The number of thiazole rings is 1. The van der Waals surface area contributed by atoms with Gasteiger partial charge in [0.1, 0.15) is 4.88 Å². The molecule has 6 nitrogen and oxygen atoms in total. The molecule has 1 aliphatic heterocycles. The minimum absolute atomic E-state index is 0.00132. The molecule has 0 spiro atoms. The van der Waals surface area contributed by atoms with Crippen molar-refractivity contribution >= 4 is 28.8 Å². The average Bonchev–Trinajstić information content (AvgIpc) is 3.09. The number of rotatable bonds is 8. The molecule has 2 aromatic rings. The number of benzene rings is 1. The van der Waals surface area contributed by atoms with Crippen LogP contribution >= 0.6 is 11.3 Å². The highest BCUT2D eigenvalue weighted by atomic mass is 32.1. The fourth-order valence-corrected chi connectivity index (χ4v) is 4.52. The maximum absolute atomic E-state index is 12.7. The molecule has 1 aromatic carbocycles. The van der Waals surface area contributed by atoms with E-state index in [-0.39, 0.29) is 17.9 Å². The van der Waals surface area contributed by atoms with Crippen LogP contribution in [-0.2, 0) is 11.2 Å². The minimum atomic E-state index is -0.0111. The van der Waals surface area contributed by atoms with Crippen LogP contribution in [0.3, 0.4) is 0 Å². The van der Waals surface area contributed by atoms with Crippen LogP contribution < -0.4 is 10.6 Å². The van der Waals surface area contributed by atoms with Gasteiger partial charge in [0.15, 0.2) is 0 Å². The molecule has 1 aliphatic rings. The molecular formula is C22H30N4O2S. The maximum atomic E-state index is 12.7. The first kappa shape index (κ1) is 21.5. The molecule has 1 fully saturated rings. The van der Waals surface area contributed by atoms with Gasteiger partial charge < -0.3 is 10.6 Å². The van der Waals surface area contributed by atoms with E-state index >= 15 is 0 Å². The van der Waals surface area contributed by atoms with Gasteiger partial charge in [0, 0.05) is 24.8 Å². The molecule has 156 valence electrons. The van der Waals surface area contributed by atoms with Crippen LogP contribution in [0.15, 0.2) is 30.3 Å². The molecule has 1 saturated heterocycles. The molecule has 7 heteroatoms. The Bertz CT molecular complexity index is 813. The summed E-state index contributed by atoms with van der Waals surface area (Å²) < 4.78 is 0. The molecule has 0 unspecified atom stereocenters. The molecule has 0 bridgehead atoms. The van der Waals surface area contributed by atoms with E-state index in [0.717, 1.165) is 66.5 Å². The number of nitrogens with one attached hydrogen (secondary N) is 2. The van der Waals surface area contributed by atoms with Gasteiger partial charge in [0.05, 0.1) is 17.2 Å². The Kier molecular flexibility index (Phi) is 7.77. The summed E-state index contributed by atoms with van der Waals surface area (Å²) >= 11 is 1.52. The molecule has 0 atom stereocenters. The van der Waals surface area contributed by atoms with Crippen molar-refractivity contribution in [3.8, 4) is 0 Å². The van der Waals surface area contributed by atoms with E-state index in [1.54, 1.807) is 0 Å². The van der Waals surface area contributed by atoms with Crippen molar-refractivity contribution in [3.05, 3.63) is 45.9 Å². The van der Waals surface area contributed by atoms with Gasteiger partial charge >= 0.3 is 0 Å². The quantitative estimate of drug-likeness (QED) is 0.692. The topological polar surface area (TPSA) is 74.3 Å². The third kappa shape index (κ3) is 6.37. The number of hydrogen-bond acceptors (Lipinski definition) is 5. The third-order valence-electron chi connectivity index (χ3n) is 5.14. The Balaban J connectivity index is 1.43. The second-order valence-electron chi connectivity index (χ2n) is 7.56. The summed E-state index contributed by atoms with van der Waals surface area (Å²) in [7, 11) is 0. The highest BCUT2D eigenvalue weighted by molar-refractivity contribution is 7.13. The van der Waals surface area contributed by atoms with Gasteiger partial charge in [-0.15, -0.1) is 11.3 Å². The molecule has 2 amide bonds. The van der Waals surface area contributed by atoms with Crippen LogP contribution in [0.2, 0.25) is 0 Å². The number of carbonyl (C=O) groups excluding carboxylic acids is 2. The van der Waals surface area contributed by atoms with Gasteiger partial charge in [-0.3, -0.25) is 14.5 Å². The van der Waals surface area contributed by atoms with Crippen molar-refractivity contribution < 1.29 is 9.59 Å². The Labute approximate surface area is 176 Å². The number of unbranched alkanes of at least 4 members (excludes halogenated alkanes) is 1. The lowest BCUT2D eigenvalue weighted by Gasteiger charge is -2.31. The zero-order valence-electron chi connectivity index (χ0n) is 17.2. The molecule has 29 heavy (non-hydrogen) atoms. The molecule has 1 aromatic heterocycles. The number of para-hydroxylation sites is 1. The summed E-state index contributed by atoms with van der Waals surface area (Å²) in [6.07, 6.45) is 4.88. The number of piperidine rings is 1. The second-order valence-corrected chi connectivity index (χ2v) is 8.65. The van der Waals surface area contributed by atoms with Crippen LogP contribution in [0.1, 0.15) is 53.0 Å². The predicted octanol–water partition coefficient (Wildman–Crippen LogP) is 3.63. The van der Waals surface area contributed by atoms with Gasteiger partial charge in [-0.05, 0) is 44.7 Å². The summed E-state index contributed by atoms with van der Waals surface area (Å²) in [6.45, 7) is 6.05. The smallest absolute Gasteiger partial charge is 0.263 e. The molecule has 2 N–H and O–H groups in total. The molecule has 0 saturated carbocycles. The molecule has 3 rings (SSSR count). The van der Waals surface area contributed by atoms with E-state index in [1.807, 2.05) is 37.3 Å². The highest BCUT2D eigenvalue weighted by Crippen LogP contribution is 2.21. The summed E-state index contributed by atoms with van der Waals surface area (Å²) in [4.78, 5) is 32.3. The monoisotopic (exact) mass is 414 g/mol. The average molecular weight is 415 g/mol. The Morgan fingerprint density at radius 3 is 2.62 bits per heavy atom. The number of carbonyl (C=O) groups is 2. The van der Waals surface area contributed by atoms with Crippen molar-refractivity contribution in [2.24, 2.45) is 0 Å². The van der Waals surface area contributed by atoms with Gasteiger partial charge in [0.2, 0.25) is 5.91 Å². The molecular weight excluding hydrogens is 384 g/mol. The summed E-state index contributed by atoms with van der Waals surface area (Å²) in [5, 5.41) is 7.13. The Morgan fingerprint density at radius 2 is 1.93 bits per heavy atom. The summed E-state index contributed by atoms with van der Waals surface area (Å²) in [5.41, 5.74) is 1.64. The highest BCUT2D eigenvalue weighted by Gasteiger charge is 2.24. The number of likely N-dealkylation sites (tertiary alicyclic amines) is 1. The molecule has 2 heterocycles. The van der Waals surface area contributed by atoms with E-state index in [2.05, 4.69) is 27.4 Å².